The van der Waals surface area contributed by atoms with Gasteiger partial charge in [-0.3, -0.25) is 9.59 Å². The van der Waals surface area contributed by atoms with Crippen molar-refractivity contribution < 1.29 is 23.5 Å². The van der Waals surface area contributed by atoms with Crippen LogP contribution in [0.2, 0.25) is 0 Å². The van der Waals surface area contributed by atoms with Gasteiger partial charge in [-0.1, -0.05) is 0 Å². The maximum atomic E-state index is 12.4. The third-order valence-electron chi connectivity index (χ3n) is 4.08. The molecule has 6 heteroatoms. The van der Waals surface area contributed by atoms with Gasteiger partial charge in [0.2, 0.25) is 0 Å². The highest BCUT2D eigenvalue weighted by molar-refractivity contribution is 6.01. The zero-order chi connectivity index (χ0) is 16.5. The monoisotopic (exact) mass is 308 g/mol. The second kappa shape index (κ2) is 5.94. The van der Waals surface area contributed by atoms with Crippen LogP contribution in [0.1, 0.15) is 36.3 Å². The Bertz CT molecular complexity index is 652. The van der Waals surface area contributed by atoms with Gasteiger partial charge in [0.15, 0.2) is 5.41 Å². The van der Waals surface area contributed by atoms with Gasteiger partial charge in [0, 0.05) is 18.4 Å². The van der Waals surface area contributed by atoms with E-state index in [-0.39, 0.29) is 26.1 Å². The highest BCUT2D eigenvalue weighted by atomic mass is 16.6. The van der Waals surface area contributed by atoms with Crippen LogP contribution in [0.15, 0.2) is 9.21 Å². The van der Waals surface area contributed by atoms with Crippen LogP contribution in [-0.4, -0.2) is 25.2 Å². The number of esters is 2. The minimum Gasteiger partial charge on any atom is -0.465 e. The summed E-state index contributed by atoms with van der Waals surface area (Å²) in [5.74, 6) is -0.798. The Morgan fingerprint density at radius 2 is 1.55 bits per heavy atom. The maximum absolute atomic E-state index is 12.4. The molecule has 2 rings (SSSR count). The largest absolute Gasteiger partial charge is 0.465 e. The maximum Gasteiger partial charge on any atom is 0.339 e. The zero-order valence-electron chi connectivity index (χ0n) is 13.3. The molecular formula is C16H20O6. The first kappa shape index (κ1) is 16.3. The average Bonchev–Trinajstić information content (AvgIpc) is 2.88. The van der Waals surface area contributed by atoms with E-state index in [1.165, 1.54) is 0 Å². The lowest BCUT2D eigenvalue weighted by Gasteiger charge is -2.24. The van der Waals surface area contributed by atoms with Crippen molar-refractivity contribution >= 4 is 11.9 Å². The van der Waals surface area contributed by atoms with Crippen molar-refractivity contribution in [3.05, 3.63) is 32.9 Å². The smallest absolute Gasteiger partial charge is 0.339 e. The van der Waals surface area contributed by atoms with E-state index in [1.807, 2.05) is 0 Å². The normalized spacial score (nSPS) is 15.3. The van der Waals surface area contributed by atoms with Gasteiger partial charge in [0.05, 0.1) is 13.2 Å². The minimum absolute atomic E-state index is 0.109. The van der Waals surface area contributed by atoms with Gasteiger partial charge in [-0.15, -0.1) is 0 Å². The molecule has 0 aliphatic heterocycles. The number of hydrogen-bond acceptors (Lipinski definition) is 6. The Kier molecular flexibility index (Phi) is 4.39. The molecule has 6 nitrogen and oxygen atoms in total. The summed E-state index contributed by atoms with van der Waals surface area (Å²) in [5.41, 5.74) is -0.0309. The van der Waals surface area contributed by atoms with E-state index in [4.69, 9.17) is 13.9 Å². The van der Waals surface area contributed by atoms with Gasteiger partial charge in [0.1, 0.15) is 5.76 Å². The third-order valence-corrected chi connectivity index (χ3v) is 4.08. The summed E-state index contributed by atoms with van der Waals surface area (Å²) in [7, 11) is 0. The van der Waals surface area contributed by atoms with Crippen molar-refractivity contribution in [2.75, 3.05) is 13.2 Å². The first-order valence-corrected chi connectivity index (χ1v) is 7.33. The second-order valence-corrected chi connectivity index (χ2v) is 5.40. The first-order valence-electron chi connectivity index (χ1n) is 7.33. The fraction of sp³-hybridized carbons (Fsp3) is 0.562. The Balaban J connectivity index is 2.54. The molecule has 1 aromatic rings. The average molecular weight is 308 g/mol. The molecule has 1 heterocycles. The van der Waals surface area contributed by atoms with Crippen LogP contribution in [0, 0.1) is 19.3 Å². The summed E-state index contributed by atoms with van der Waals surface area (Å²) in [6.07, 6.45) is 0.245. The number of hydrogen-bond donors (Lipinski definition) is 0. The molecule has 22 heavy (non-hydrogen) atoms. The molecule has 120 valence electrons. The van der Waals surface area contributed by atoms with Crippen molar-refractivity contribution in [2.24, 2.45) is 5.41 Å². The van der Waals surface area contributed by atoms with Crippen LogP contribution in [0.25, 0.3) is 0 Å². The topological polar surface area (TPSA) is 82.8 Å². The Morgan fingerprint density at radius 3 is 2.05 bits per heavy atom. The van der Waals surface area contributed by atoms with Crippen LogP contribution in [-0.2, 0) is 31.9 Å². The van der Waals surface area contributed by atoms with Gasteiger partial charge in [-0.2, -0.15) is 0 Å². The molecule has 0 bridgehead atoms. The predicted molar refractivity (Wildman–Crippen MR) is 77.6 cm³/mol. The molecular weight excluding hydrogens is 288 g/mol. The quantitative estimate of drug-likeness (QED) is 0.619. The summed E-state index contributed by atoms with van der Waals surface area (Å²) in [5, 5.41) is 0. The van der Waals surface area contributed by atoms with Crippen molar-refractivity contribution in [3.63, 3.8) is 0 Å². The van der Waals surface area contributed by atoms with Gasteiger partial charge in [0.25, 0.3) is 0 Å². The number of aryl methyl sites for hydroxylation is 1. The molecule has 0 unspecified atom stereocenters. The lowest BCUT2D eigenvalue weighted by molar-refractivity contribution is -0.171. The molecule has 1 aliphatic rings. The van der Waals surface area contributed by atoms with E-state index in [2.05, 4.69) is 0 Å². The molecule has 1 aliphatic carbocycles. The van der Waals surface area contributed by atoms with Crippen molar-refractivity contribution in [1.29, 1.82) is 0 Å². The van der Waals surface area contributed by atoms with E-state index in [9.17, 15) is 14.4 Å². The van der Waals surface area contributed by atoms with Gasteiger partial charge in [-0.05, 0) is 38.8 Å². The Morgan fingerprint density at radius 1 is 1.05 bits per heavy atom. The summed E-state index contributed by atoms with van der Waals surface area (Å²) < 4.78 is 15.3. The van der Waals surface area contributed by atoms with Gasteiger partial charge >= 0.3 is 17.6 Å². The fourth-order valence-electron chi connectivity index (χ4n) is 2.89. The number of carbonyl (C=O) groups excluding carboxylic acids is 2. The van der Waals surface area contributed by atoms with Crippen LogP contribution < -0.4 is 5.63 Å². The minimum atomic E-state index is -1.42. The third kappa shape index (κ3) is 2.42. The van der Waals surface area contributed by atoms with E-state index >= 15 is 0 Å². The van der Waals surface area contributed by atoms with E-state index in [0.717, 1.165) is 5.56 Å². The molecule has 1 aromatic heterocycles. The fourth-order valence-corrected chi connectivity index (χ4v) is 2.89. The van der Waals surface area contributed by atoms with E-state index in [1.54, 1.807) is 27.7 Å². The summed E-state index contributed by atoms with van der Waals surface area (Å²) in [6.45, 7) is 7.00. The number of rotatable bonds is 4. The molecule has 0 N–H and O–H groups in total. The van der Waals surface area contributed by atoms with Crippen LogP contribution >= 0.6 is 0 Å². The Hall–Kier alpha value is -2.11. The molecule has 0 radical (unpaired) electrons. The number of fused-ring (bicyclic) bond motifs is 1. The summed E-state index contributed by atoms with van der Waals surface area (Å²) in [6, 6.07) is 0. The number of ether oxygens (including phenoxy) is 2. The molecule has 0 spiro atoms. The highest BCUT2D eigenvalue weighted by Gasteiger charge is 2.54. The first-order chi connectivity index (χ1) is 10.4. The van der Waals surface area contributed by atoms with Crippen LogP contribution in [0.3, 0.4) is 0 Å². The molecule has 0 aromatic carbocycles. The van der Waals surface area contributed by atoms with Crippen molar-refractivity contribution in [3.8, 4) is 0 Å². The van der Waals surface area contributed by atoms with Crippen LogP contribution in [0.4, 0.5) is 0 Å². The molecule has 0 saturated carbocycles. The molecule has 0 atom stereocenters. The number of carbonyl (C=O) groups is 2. The summed E-state index contributed by atoms with van der Waals surface area (Å²) in [4.78, 5) is 36.7. The summed E-state index contributed by atoms with van der Waals surface area (Å²) >= 11 is 0. The van der Waals surface area contributed by atoms with Gasteiger partial charge < -0.3 is 13.9 Å². The molecule has 0 fully saturated rings. The van der Waals surface area contributed by atoms with Crippen LogP contribution in [0.5, 0.6) is 0 Å². The second-order valence-electron chi connectivity index (χ2n) is 5.40. The lowest BCUT2D eigenvalue weighted by Crippen LogP contribution is -2.43. The SMILES string of the molecule is CCOC(=O)C1(C(=O)OCC)Cc2c(C)oc(=O)c(C)c2C1. The Labute approximate surface area is 128 Å². The van der Waals surface area contributed by atoms with Gasteiger partial charge in [-0.25, -0.2) is 4.79 Å². The van der Waals surface area contributed by atoms with E-state index < -0.39 is 23.0 Å². The van der Waals surface area contributed by atoms with Crippen molar-refractivity contribution in [2.45, 2.75) is 40.5 Å². The zero-order valence-corrected chi connectivity index (χ0v) is 13.3. The highest BCUT2D eigenvalue weighted by Crippen LogP contribution is 2.41. The molecule has 0 saturated heterocycles. The molecule has 0 amide bonds. The lowest BCUT2D eigenvalue weighted by atomic mass is 9.84. The van der Waals surface area contributed by atoms with E-state index in [0.29, 0.717) is 16.9 Å². The predicted octanol–water partition coefficient (Wildman–Crippen LogP) is 1.47. The van der Waals surface area contributed by atoms with Crippen molar-refractivity contribution in [1.82, 2.24) is 0 Å². The standard InChI is InChI=1S/C16H20O6/c1-5-20-14(18)16(15(19)21-6-2)7-11-9(3)13(17)22-10(4)12(11)8-16/h5-8H2,1-4H3.